The summed E-state index contributed by atoms with van der Waals surface area (Å²) >= 11 is 1.62. The third-order valence-corrected chi connectivity index (χ3v) is 4.85. The summed E-state index contributed by atoms with van der Waals surface area (Å²) < 4.78 is 6.70. The Kier molecular flexibility index (Phi) is 3.74. The number of carbonyl (C=O) groups excluding carboxylic acids is 1. The molecule has 2 aromatic heterocycles. The number of thiazole rings is 1. The van der Waals surface area contributed by atoms with Gasteiger partial charge in [-0.2, -0.15) is 0 Å². The lowest BCUT2D eigenvalue weighted by Gasteiger charge is -2.15. The maximum absolute atomic E-state index is 12.7. The van der Waals surface area contributed by atoms with E-state index in [1.54, 1.807) is 23.3 Å². The van der Waals surface area contributed by atoms with E-state index < -0.39 is 0 Å². The fraction of sp³-hybridized carbons (Fsp3) is 0.294. The molecule has 3 aromatic rings. The van der Waals surface area contributed by atoms with Crippen molar-refractivity contribution in [3.05, 3.63) is 51.9 Å². The molecule has 0 saturated heterocycles. The highest BCUT2D eigenvalue weighted by Crippen LogP contribution is 2.25. The van der Waals surface area contributed by atoms with Crippen LogP contribution in [0.4, 0.5) is 0 Å². The van der Waals surface area contributed by atoms with Crippen LogP contribution in [0.2, 0.25) is 0 Å². The van der Waals surface area contributed by atoms with Crippen LogP contribution in [-0.4, -0.2) is 22.8 Å². The number of rotatable bonds is 3. The summed E-state index contributed by atoms with van der Waals surface area (Å²) in [6, 6.07) is 8.01. The number of benzene rings is 1. The van der Waals surface area contributed by atoms with Crippen LogP contribution < -0.4 is 0 Å². The minimum absolute atomic E-state index is 0.0221. The van der Waals surface area contributed by atoms with Crippen molar-refractivity contribution in [3.63, 3.8) is 0 Å². The first-order chi connectivity index (χ1) is 10.5. The topological polar surface area (TPSA) is 46.3 Å². The van der Waals surface area contributed by atoms with Crippen LogP contribution in [0.15, 0.2) is 28.7 Å². The fourth-order valence-corrected chi connectivity index (χ4v) is 3.58. The van der Waals surface area contributed by atoms with Crippen LogP contribution in [0, 0.1) is 20.8 Å². The number of aromatic nitrogens is 1. The smallest absolute Gasteiger partial charge is 0.257 e. The molecule has 4 nitrogen and oxygen atoms in total. The minimum Gasteiger partial charge on any atom is -0.466 e. The Balaban J connectivity index is 1.84. The zero-order chi connectivity index (χ0) is 15.9. The standard InChI is InChI=1S/C17H18N2O2S/c1-10-11(2)21-12(3)16(10)17(20)19(4)9-15-18-13-7-5-6-8-14(13)22-15/h5-8H,9H2,1-4H3. The molecule has 0 saturated carbocycles. The van der Waals surface area contributed by atoms with Crippen LogP contribution in [-0.2, 0) is 6.54 Å². The van der Waals surface area contributed by atoms with Gasteiger partial charge in [-0.25, -0.2) is 4.98 Å². The van der Waals surface area contributed by atoms with Crippen LogP contribution in [0.25, 0.3) is 10.2 Å². The molecule has 0 bridgehead atoms. The van der Waals surface area contributed by atoms with E-state index in [2.05, 4.69) is 4.98 Å². The summed E-state index contributed by atoms with van der Waals surface area (Å²) in [5.41, 5.74) is 2.56. The Morgan fingerprint density at radius 2 is 1.95 bits per heavy atom. The predicted molar refractivity (Wildman–Crippen MR) is 88.3 cm³/mol. The van der Waals surface area contributed by atoms with E-state index in [1.807, 2.05) is 45.0 Å². The SMILES string of the molecule is Cc1oc(C)c(C(=O)N(C)Cc2nc3ccccc3s2)c1C. The van der Waals surface area contributed by atoms with Gasteiger partial charge in [0.05, 0.1) is 22.3 Å². The monoisotopic (exact) mass is 314 g/mol. The summed E-state index contributed by atoms with van der Waals surface area (Å²) in [7, 11) is 1.80. The highest BCUT2D eigenvalue weighted by Gasteiger charge is 2.22. The molecule has 0 aliphatic heterocycles. The molecule has 0 atom stereocenters. The van der Waals surface area contributed by atoms with Gasteiger partial charge in [0.1, 0.15) is 16.5 Å². The van der Waals surface area contributed by atoms with Gasteiger partial charge in [0.25, 0.3) is 5.91 Å². The average molecular weight is 314 g/mol. The first-order valence-corrected chi connectivity index (χ1v) is 7.95. The van der Waals surface area contributed by atoms with Gasteiger partial charge in [0.15, 0.2) is 0 Å². The number of carbonyl (C=O) groups is 1. The quantitative estimate of drug-likeness (QED) is 0.731. The molecule has 0 unspecified atom stereocenters. The molecule has 2 heterocycles. The Bertz CT molecular complexity index is 815. The van der Waals surface area contributed by atoms with Gasteiger partial charge in [0.2, 0.25) is 0 Å². The number of hydrogen-bond acceptors (Lipinski definition) is 4. The molecule has 0 aliphatic carbocycles. The summed E-state index contributed by atoms with van der Waals surface area (Å²) in [5, 5.41) is 0.938. The number of aryl methyl sites for hydroxylation is 2. The van der Waals surface area contributed by atoms with Gasteiger partial charge in [0, 0.05) is 12.6 Å². The number of fused-ring (bicyclic) bond motifs is 1. The Hall–Kier alpha value is -2.14. The number of hydrogen-bond donors (Lipinski definition) is 0. The fourth-order valence-electron chi connectivity index (χ4n) is 2.56. The molecule has 1 aromatic carbocycles. The Morgan fingerprint density at radius 3 is 2.59 bits per heavy atom. The van der Waals surface area contributed by atoms with E-state index in [9.17, 15) is 4.79 Å². The lowest BCUT2D eigenvalue weighted by molar-refractivity contribution is 0.0782. The van der Waals surface area contributed by atoms with Crippen molar-refractivity contribution in [1.82, 2.24) is 9.88 Å². The molecule has 0 radical (unpaired) electrons. The largest absolute Gasteiger partial charge is 0.466 e. The second-order valence-electron chi connectivity index (χ2n) is 5.45. The molecule has 22 heavy (non-hydrogen) atoms. The van der Waals surface area contributed by atoms with Crippen molar-refractivity contribution in [3.8, 4) is 0 Å². The first kappa shape index (κ1) is 14.8. The molecule has 0 fully saturated rings. The molecular formula is C17H18N2O2S. The van der Waals surface area contributed by atoms with Gasteiger partial charge >= 0.3 is 0 Å². The molecule has 0 N–H and O–H groups in total. The number of para-hydroxylation sites is 1. The van der Waals surface area contributed by atoms with E-state index in [1.165, 1.54) is 0 Å². The molecule has 1 amide bonds. The lowest BCUT2D eigenvalue weighted by Crippen LogP contribution is -2.27. The summed E-state index contributed by atoms with van der Waals surface area (Å²) in [5.74, 6) is 1.46. The summed E-state index contributed by atoms with van der Waals surface area (Å²) in [6.07, 6.45) is 0. The van der Waals surface area contributed by atoms with Crippen LogP contribution in [0.1, 0.15) is 32.4 Å². The molecule has 5 heteroatoms. The molecule has 0 spiro atoms. The first-order valence-electron chi connectivity index (χ1n) is 7.14. The zero-order valence-electron chi connectivity index (χ0n) is 13.1. The molecule has 114 valence electrons. The van der Waals surface area contributed by atoms with E-state index in [-0.39, 0.29) is 5.91 Å². The second-order valence-corrected chi connectivity index (χ2v) is 6.57. The predicted octanol–water partition coefficient (Wildman–Crippen LogP) is 4.09. The minimum atomic E-state index is -0.0221. The van der Waals surface area contributed by atoms with Crippen molar-refractivity contribution >= 4 is 27.5 Å². The maximum atomic E-state index is 12.7. The normalized spacial score (nSPS) is 11.1. The Labute approximate surface area is 133 Å². The van der Waals surface area contributed by atoms with E-state index >= 15 is 0 Å². The van der Waals surface area contributed by atoms with E-state index in [4.69, 9.17) is 4.42 Å². The van der Waals surface area contributed by atoms with Gasteiger partial charge in [-0.3, -0.25) is 4.79 Å². The molecular weight excluding hydrogens is 296 g/mol. The Morgan fingerprint density at radius 1 is 1.23 bits per heavy atom. The van der Waals surface area contributed by atoms with Gasteiger partial charge in [-0.1, -0.05) is 12.1 Å². The summed E-state index contributed by atoms with van der Waals surface area (Å²) in [4.78, 5) is 18.9. The number of nitrogens with zero attached hydrogens (tertiary/aromatic N) is 2. The zero-order valence-corrected chi connectivity index (χ0v) is 14.0. The van der Waals surface area contributed by atoms with E-state index in [0.29, 0.717) is 17.9 Å². The highest BCUT2D eigenvalue weighted by molar-refractivity contribution is 7.18. The maximum Gasteiger partial charge on any atom is 0.257 e. The van der Waals surface area contributed by atoms with Crippen LogP contribution >= 0.6 is 11.3 Å². The van der Waals surface area contributed by atoms with E-state index in [0.717, 1.165) is 26.5 Å². The number of furan rings is 1. The number of amides is 1. The average Bonchev–Trinajstić information content (AvgIpc) is 2.99. The summed E-state index contributed by atoms with van der Waals surface area (Å²) in [6.45, 7) is 6.14. The third-order valence-electron chi connectivity index (χ3n) is 3.83. The van der Waals surface area contributed by atoms with Crippen molar-refractivity contribution in [1.29, 1.82) is 0 Å². The van der Waals surface area contributed by atoms with Crippen molar-refractivity contribution in [2.45, 2.75) is 27.3 Å². The van der Waals surface area contributed by atoms with Gasteiger partial charge < -0.3 is 9.32 Å². The lowest BCUT2D eigenvalue weighted by atomic mass is 10.1. The van der Waals surface area contributed by atoms with Crippen molar-refractivity contribution in [2.24, 2.45) is 0 Å². The molecule has 0 aliphatic rings. The molecule has 3 rings (SSSR count). The van der Waals surface area contributed by atoms with Gasteiger partial charge in [-0.05, 0) is 32.9 Å². The second kappa shape index (κ2) is 5.57. The van der Waals surface area contributed by atoms with Crippen LogP contribution in [0.5, 0.6) is 0 Å². The highest BCUT2D eigenvalue weighted by atomic mass is 32.1. The van der Waals surface area contributed by atoms with Crippen molar-refractivity contribution in [2.75, 3.05) is 7.05 Å². The van der Waals surface area contributed by atoms with Gasteiger partial charge in [-0.15, -0.1) is 11.3 Å². The van der Waals surface area contributed by atoms with Crippen molar-refractivity contribution < 1.29 is 9.21 Å². The third kappa shape index (κ3) is 2.52. The van der Waals surface area contributed by atoms with Crippen LogP contribution in [0.3, 0.4) is 0 Å².